The average Bonchev–Trinajstić information content (AvgIpc) is 2.54. The Hall–Kier alpha value is -1.26. The van der Waals surface area contributed by atoms with Crippen molar-refractivity contribution in [1.82, 2.24) is 10.2 Å². The molecule has 22 heavy (non-hydrogen) atoms. The highest BCUT2D eigenvalue weighted by Gasteiger charge is 2.26. The van der Waals surface area contributed by atoms with Crippen molar-refractivity contribution in [2.75, 3.05) is 13.1 Å². The molecule has 0 spiro atoms. The smallest absolute Gasteiger partial charge is 0.255 e. The number of hydrogen-bond donors (Lipinski definition) is 1. The van der Waals surface area contributed by atoms with E-state index in [1.807, 2.05) is 30.3 Å². The number of likely N-dealkylation sites (tertiary alicyclic amines) is 1. The van der Waals surface area contributed by atoms with Gasteiger partial charge in [-0.25, -0.2) is 0 Å². The summed E-state index contributed by atoms with van der Waals surface area (Å²) in [6, 6.07) is 10.1. The maximum absolute atomic E-state index is 12.0. The molecule has 4 nitrogen and oxygen atoms in total. The maximum Gasteiger partial charge on any atom is 0.255 e. The lowest BCUT2D eigenvalue weighted by atomic mass is 10.0. The van der Waals surface area contributed by atoms with Gasteiger partial charge in [-0.2, -0.15) is 0 Å². The predicted octanol–water partition coefficient (Wildman–Crippen LogP) is 2.53. The van der Waals surface area contributed by atoms with E-state index in [2.05, 4.69) is 5.32 Å². The van der Waals surface area contributed by atoms with Crippen molar-refractivity contribution in [3.05, 3.63) is 35.9 Å². The van der Waals surface area contributed by atoms with Gasteiger partial charge in [-0.15, -0.1) is 0 Å². The number of carbonyl (C=O) groups is 2. The Labute approximate surface area is 140 Å². The summed E-state index contributed by atoms with van der Waals surface area (Å²) in [5.74, 6) is -0.196. The minimum absolute atomic E-state index is 0.0567. The lowest BCUT2D eigenvalue weighted by molar-refractivity contribution is -0.130. The number of aryl methyl sites for hydroxylation is 1. The van der Waals surface area contributed by atoms with Gasteiger partial charge in [0.05, 0.1) is 0 Å². The molecule has 0 atom stereocenters. The van der Waals surface area contributed by atoms with Crippen LogP contribution in [0.2, 0.25) is 0 Å². The second-order valence-corrected chi connectivity index (χ2v) is 6.55. The number of amides is 2. The zero-order chi connectivity index (χ0) is 15.9. The van der Waals surface area contributed by atoms with E-state index in [4.69, 9.17) is 23.2 Å². The maximum atomic E-state index is 12.0. The van der Waals surface area contributed by atoms with Crippen LogP contribution in [-0.2, 0) is 16.0 Å². The fourth-order valence-electron chi connectivity index (χ4n) is 2.58. The fourth-order valence-corrected chi connectivity index (χ4v) is 2.86. The van der Waals surface area contributed by atoms with Crippen molar-refractivity contribution in [1.29, 1.82) is 0 Å². The molecule has 1 aromatic rings. The van der Waals surface area contributed by atoms with E-state index < -0.39 is 4.84 Å². The first-order valence-corrected chi connectivity index (χ1v) is 8.34. The van der Waals surface area contributed by atoms with Crippen LogP contribution in [0.5, 0.6) is 0 Å². The quantitative estimate of drug-likeness (QED) is 0.836. The Morgan fingerprint density at radius 3 is 2.41 bits per heavy atom. The van der Waals surface area contributed by atoms with Crippen molar-refractivity contribution < 1.29 is 9.59 Å². The number of halogens is 2. The number of piperidine rings is 1. The van der Waals surface area contributed by atoms with Crippen LogP contribution in [0.1, 0.15) is 24.8 Å². The summed E-state index contributed by atoms with van der Waals surface area (Å²) in [6.07, 6.45) is 2.70. The first-order chi connectivity index (χ1) is 10.6. The Morgan fingerprint density at radius 1 is 1.18 bits per heavy atom. The van der Waals surface area contributed by atoms with Crippen LogP contribution in [0.25, 0.3) is 0 Å². The third-order valence-electron chi connectivity index (χ3n) is 3.84. The van der Waals surface area contributed by atoms with Gasteiger partial charge in [0.1, 0.15) is 0 Å². The SMILES string of the molecule is O=C(CCc1ccccc1)NC1CCN(C(=O)C(Cl)Cl)CC1. The van der Waals surface area contributed by atoms with E-state index in [0.29, 0.717) is 19.5 Å². The largest absolute Gasteiger partial charge is 0.353 e. The van der Waals surface area contributed by atoms with Crippen molar-refractivity contribution in [3.8, 4) is 0 Å². The molecule has 0 radical (unpaired) electrons. The molecule has 1 saturated heterocycles. The number of alkyl halides is 2. The van der Waals surface area contributed by atoms with Crippen molar-refractivity contribution in [2.24, 2.45) is 0 Å². The Morgan fingerprint density at radius 2 is 1.82 bits per heavy atom. The third kappa shape index (κ3) is 5.18. The Kier molecular flexibility index (Phi) is 6.52. The Balaban J connectivity index is 1.69. The lowest BCUT2D eigenvalue weighted by Crippen LogP contribution is -2.47. The van der Waals surface area contributed by atoms with Gasteiger partial charge in [0.15, 0.2) is 4.84 Å². The molecule has 1 heterocycles. The molecule has 2 rings (SSSR count). The van der Waals surface area contributed by atoms with E-state index >= 15 is 0 Å². The summed E-state index contributed by atoms with van der Waals surface area (Å²) >= 11 is 11.2. The standard InChI is InChI=1S/C16H20Cl2N2O2/c17-15(18)16(22)20-10-8-13(9-11-20)19-14(21)7-6-12-4-2-1-3-5-12/h1-5,13,15H,6-11H2,(H,19,21). The van der Waals surface area contributed by atoms with Crippen molar-refractivity contribution in [3.63, 3.8) is 0 Å². The summed E-state index contributed by atoms with van der Waals surface area (Å²) < 4.78 is 0. The van der Waals surface area contributed by atoms with Crippen LogP contribution in [-0.4, -0.2) is 40.7 Å². The molecular formula is C16H20Cl2N2O2. The zero-order valence-corrected chi connectivity index (χ0v) is 13.8. The first kappa shape index (κ1) is 17.1. The molecule has 120 valence electrons. The molecule has 0 aliphatic carbocycles. The summed E-state index contributed by atoms with van der Waals surface area (Å²) in [4.78, 5) is 24.3. The first-order valence-electron chi connectivity index (χ1n) is 7.46. The molecule has 0 saturated carbocycles. The molecule has 2 amide bonds. The van der Waals surface area contributed by atoms with E-state index in [9.17, 15) is 9.59 Å². The molecule has 1 N–H and O–H groups in total. The number of carbonyl (C=O) groups excluding carboxylic acids is 2. The highest BCUT2D eigenvalue weighted by atomic mass is 35.5. The van der Waals surface area contributed by atoms with Crippen LogP contribution in [0, 0.1) is 0 Å². The number of rotatable bonds is 5. The van der Waals surface area contributed by atoms with Crippen molar-refractivity contribution >= 4 is 35.0 Å². The zero-order valence-electron chi connectivity index (χ0n) is 12.3. The average molecular weight is 343 g/mol. The minimum atomic E-state index is -1.00. The Bertz CT molecular complexity index is 500. The van der Waals surface area contributed by atoms with Gasteiger partial charge in [-0.3, -0.25) is 9.59 Å². The molecular weight excluding hydrogens is 323 g/mol. The van der Waals surface area contributed by atoms with Crippen LogP contribution in [0.4, 0.5) is 0 Å². The second-order valence-electron chi connectivity index (χ2n) is 5.45. The van der Waals surface area contributed by atoms with Crippen molar-refractivity contribution in [2.45, 2.75) is 36.6 Å². The number of nitrogens with zero attached hydrogens (tertiary/aromatic N) is 1. The third-order valence-corrected chi connectivity index (χ3v) is 4.22. The second kappa shape index (κ2) is 8.39. The summed E-state index contributed by atoms with van der Waals surface area (Å²) in [7, 11) is 0. The lowest BCUT2D eigenvalue weighted by Gasteiger charge is -2.32. The normalized spacial score (nSPS) is 15.9. The van der Waals surface area contributed by atoms with Crippen LogP contribution >= 0.6 is 23.2 Å². The summed E-state index contributed by atoms with van der Waals surface area (Å²) in [5.41, 5.74) is 1.16. The van der Waals surface area contributed by atoms with Gasteiger partial charge in [-0.1, -0.05) is 53.5 Å². The van der Waals surface area contributed by atoms with Gasteiger partial charge in [0.25, 0.3) is 5.91 Å². The van der Waals surface area contributed by atoms with Gasteiger partial charge < -0.3 is 10.2 Å². The summed E-state index contributed by atoms with van der Waals surface area (Å²) in [5, 5.41) is 3.03. The van der Waals surface area contributed by atoms with E-state index in [1.54, 1.807) is 4.90 Å². The highest BCUT2D eigenvalue weighted by molar-refractivity contribution is 6.53. The predicted molar refractivity (Wildman–Crippen MR) is 88.0 cm³/mol. The van der Waals surface area contributed by atoms with E-state index in [-0.39, 0.29) is 17.9 Å². The number of nitrogens with one attached hydrogen (secondary N) is 1. The molecule has 1 aliphatic heterocycles. The minimum Gasteiger partial charge on any atom is -0.353 e. The van der Waals surface area contributed by atoms with E-state index in [1.165, 1.54) is 0 Å². The summed E-state index contributed by atoms with van der Waals surface area (Å²) in [6.45, 7) is 1.16. The van der Waals surface area contributed by atoms with Gasteiger partial charge in [0.2, 0.25) is 5.91 Å². The number of hydrogen-bond acceptors (Lipinski definition) is 2. The molecule has 1 fully saturated rings. The highest BCUT2D eigenvalue weighted by Crippen LogP contribution is 2.15. The molecule has 6 heteroatoms. The molecule has 1 aromatic carbocycles. The molecule has 1 aliphatic rings. The van der Waals surface area contributed by atoms with Gasteiger partial charge in [-0.05, 0) is 24.8 Å². The number of benzene rings is 1. The fraction of sp³-hybridized carbons (Fsp3) is 0.500. The topological polar surface area (TPSA) is 49.4 Å². The molecule has 0 unspecified atom stereocenters. The van der Waals surface area contributed by atoms with Gasteiger partial charge >= 0.3 is 0 Å². The van der Waals surface area contributed by atoms with Gasteiger partial charge in [0, 0.05) is 25.6 Å². The van der Waals surface area contributed by atoms with Crippen LogP contribution in [0.15, 0.2) is 30.3 Å². The van der Waals surface area contributed by atoms with Crippen LogP contribution < -0.4 is 5.32 Å². The van der Waals surface area contributed by atoms with E-state index in [0.717, 1.165) is 24.8 Å². The molecule has 0 bridgehead atoms. The molecule has 0 aromatic heterocycles. The van der Waals surface area contributed by atoms with Crippen LogP contribution in [0.3, 0.4) is 0 Å². The monoisotopic (exact) mass is 342 g/mol.